The first kappa shape index (κ1) is 26.3. The lowest BCUT2D eigenvalue weighted by Crippen LogP contribution is -1.90. The molecule has 9 rings (SSSR count). The third kappa shape index (κ3) is 4.19. The van der Waals surface area contributed by atoms with Crippen LogP contribution in [-0.2, 0) is 0 Å². The average Bonchev–Trinajstić information content (AvgIpc) is 3.49. The Morgan fingerprint density at radius 3 is 1.35 bits per heavy atom. The second kappa shape index (κ2) is 10.5. The van der Waals surface area contributed by atoms with Crippen LogP contribution in [0.5, 0.6) is 0 Å². The van der Waals surface area contributed by atoms with Crippen LogP contribution in [0.25, 0.3) is 87.9 Å². The summed E-state index contributed by atoms with van der Waals surface area (Å²) in [5.41, 5.74) is 19.0. The lowest BCUT2D eigenvalue weighted by atomic mass is 9.86. The third-order valence-corrected chi connectivity index (χ3v) is 9.33. The van der Waals surface area contributed by atoms with Gasteiger partial charge in [-0.15, -0.1) is 0 Å². The molecule has 9 aromatic rings. The SMILES string of the molecule is Nc1cc(-c2ccc(-c3ccc(-c4c5ccccc5c(-c5ccccc5)c5ccccc45)cc3)cc2)c2[nH]c3ccccc3c2c1. The van der Waals surface area contributed by atoms with Crippen LogP contribution in [0, 0.1) is 0 Å². The molecular weight excluding hydrogens is 556 g/mol. The molecule has 0 bridgehead atoms. The van der Waals surface area contributed by atoms with Crippen LogP contribution in [0.4, 0.5) is 5.69 Å². The summed E-state index contributed by atoms with van der Waals surface area (Å²) < 4.78 is 0. The predicted molar refractivity (Wildman–Crippen MR) is 197 cm³/mol. The summed E-state index contributed by atoms with van der Waals surface area (Å²) in [7, 11) is 0. The number of aromatic nitrogens is 1. The van der Waals surface area contributed by atoms with Gasteiger partial charge in [0.2, 0.25) is 0 Å². The maximum Gasteiger partial charge on any atom is 0.0546 e. The van der Waals surface area contributed by atoms with E-state index in [2.05, 4.69) is 169 Å². The zero-order valence-corrected chi connectivity index (χ0v) is 25.2. The molecule has 1 aromatic heterocycles. The van der Waals surface area contributed by atoms with E-state index >= 15 is 0 Å². The van der Waals surface area contributed by atoms with Crippen LogP contribution in [0.1, 0.15) is 0 Å². The first-order valence-corrected chi connectivity index (χ1v) is 15.7. The van der Waals surface area contributed by atoms with Crippen molar-refractivity contribution in [2.45, 2.75) is 0 Å². The van der Waals surface area contributed by atoms with E-state index < -0.39 is 0 Å². The van der Waals surface area contributed by atoms with Crippen LogP contribution in [0.15, 0.2) is 164 Å². The van der Waals surface area contributed by atoms with Crippen molar-refractivity contribution in [3.63, 3.8) is 0 Å². The molecule has 216 valence electrons. The number of hydrogen-bond acceptors (Lipinski definition) is 1. The number of hydrogen-bond donors (Lipinski definition) is 2. The Morgan fingerprint density at radius 1 is 0.348 bits per heavy atom. The van der Waals surface area contributed by atoms with Gasteiger partial charge in [-0.05, 0) is 78.7 Å². The summed E-state index contributed by atoms with van der Waals surface area (Å²) in [5.74, 6) is 0. The number of nitrogen functional groups attached to an aromatic ring is 1. The van der Waals surface area contributed by atoms with Gasteiger partial charge in [-0.25, -0.2) is 0 Å². The van der Waals surface area contributed by atoms with Gasteiger partial charge in [0, 0.05) is 27.5 Å². The molecule has 8 aromatic carbocycles. The molecule has 0 aliphatic rings. The van der Waals surface area contributed by atoms with E-state index in [1.807, 2.05) is 0 Å². The molecule has 1 heterocycles. The predicted octanol–water partition coefficient (Wildman–Crippen LogP) is 11.9. The number of aromatic amines is 1. The Bertz CT molecular complexity index is 2500. The van der Waals surface area contributed by atoms with E-state index in [1.165, 1.54) is 60.3 Å². The van der Waals surface area contributed by atoms with Crippen molar-refractivity contribution in [2.24, 2.45) is 0 Å². The normalized spacial score (nSPS) is 11.6. The van der Waals surface area contributed by atoms with Crippen LogP contribution >= 0.6 is 0 Å². The van der Waals surface area contributed by atoms with Crippen molar-refractivity contribution < 1.29 is 0 Å². The lowest BCUT2D eigenvalue weighted by molar-refractivity contribution is 1.53. The minimum Gasteiger partial charge on any atom is -0.399 e. The zero-order valence-electron chi connectivity index (χ0n) is 25.2. The maximum atomic E-state index is 6.39. The van der Waals surface area contributed by atoms with E-state index in [1.54, 1.807) is 0 Å². The molecule has 46 heavy (non-hydrogen) atoms. The van der Waals surface area contributed by atoms with Crippen LogP contribution in [-0.4, -0.2) is 4.98 Å². The number of para-hydroxylation sites is 1. The number of fused-ring (bicyclic) bond motifs is 5. The number of nitrogens with two attached hydrogens (primary N) is 1. The molecule has 0 fully saturated rings. The molecule has 2 nitrogen and oxygen atoms in total. The van der Waals surface area contributed by atoms with Gasteiger partial charge in [0.05, 0.1) is 5.52 Å². The summed E-state index contributed by atoms with van der Waals surface area (Å²) in [5, 5.41) is 7.42. The van der Waals surface area contributed by atoms with Gasteiger partial charge < -0.3 is 10.7 Å². The Kier molecular flexibility index (Phi) is 6.00. The second-order valence-corrected chi connectivity index (χ2v) is 12.0. The molecule has 2 heteroatoms. The summed E-state index contributed by atoms with van der Waals surface area (Å²) in [4.78, 5) is 3.62. The second-order valence-electron chi connectivity index (χ2n) is 12.0. The Labute approximate surface area is 267 Å². The Hall–Kier alpha value is -6.12. The van der Waals surface area contributed by atoms with Gasteiger partial charge in [0.1, 0.15) is 0 Å². The molecule has 0 aliphatic heterocycles. The fraction of sp³-hybridized carbons (Fsp3) is 0. The zero-order chi connectivity index (χ0) is 30.6. The summed E-state index contributed by atoms with van der Waals surface area (Å²) in [6.07, 6.45) is 0. The number of rotatable bonds is 4. The number of nitrogens with one attached hydrogen (secondary N) is 1. The highest BCUT2D eigenvalue weighted by Gasteiger charge is 2.16. The third-order valence-electron chi connectivity index (χ3n) is 9.33. The highest BCUT2D eigenvalue weighted by molar-refractivity contribution is 6.21. The molecule has 0 aliphatic carbocycles. The quantitative estimate of drug-likeness (QED) is 0.156. The van der Waals surface area contributed by atoms with E-state index in [4.69, 9.17) is 5.73 Å². The molecule has 0 atom stereocenters. The molecule has 0 saturated heterocycles. The van der Waals surface area contributed by atoms with E-state index in [0.717, 1.165) is 33.2 Å². The van der Waals surface area contributed by atoms with Crippen molar-refractivity contribution in [2.75, 3.05) is 5.73 Å². The Morgan fingerprint density at radius 2 is 0.783 bits per heavy atom. The molecule has 3 N–H and O–H groups in total. The summed E-state index contributed by atoms with van der Waals surface area (Å²) in [6.45, 7) is 0. The van der Waals surface area contributed by atoms with Crippen LogP contribution in [0.2, 0.25) is 0 Å². The molecule has 0 saturated carbocycles. The maximum absolute atomic E-state index is 6.39. The summed E-state index contributed by atoms with van der Waals surface area (Å²) >= 11 is 0. The van der Waals surface area contributed by atoms with Crippen molar-refractivity contribution in [3.8, 4) is 44.5 Å². The monoisotopic (exact) mass is 586 g/mol. The molecule has 0 spiro atoms. The molecule has 0 unspecified atom stereocenters. The van der Waals surface area contributed by atoms with Gasteiger partial charge in [-0.3, -0.25) is 0 Å². The van der Waals surface area contributed by atoms with Gasteiger partial charge in [-0.1, -0.05) is 146 Å². The molecule has 0 amide bonds. The first-order valence-electron chi connectivity index (χ1n) is 15.7. The van der Waals surface area contributed by atoms with Gasteiger partial charge in [0.25, 0.3) is 0 Å². The summed E-state index contributed by atoms with van der Waals surface area (Å²) in [6, 6.07) is 58.8. The highest BCUT2D eigenvalue weighted by atomic mass is 14.7. The van der Waals surface area contributed by atoms with E-state index in [9.17, 15) is 0 Å². The topological polar surface area (TPSA) is 41.8 Å². The van der Waals surface area contributed by atoms with Crippen molar-refractivity contribution in [3.05, 3.63) is 164 Å². The average molecular weight is 587 g/mol. The van der Waals surface area contributed by atoms with Crippen molar-refractivity contribution >= 4 is 49.0 Å². The van der Waals surface area contributed by atoms with E-state index in [0.29, 0.717) is 0 Å². The highest BCUT2D eigenvalue weighted by Crippen LogP contribution is 2.44. The number of H-pyrrole nitrogens is 1. The fourth-order valence-electron chi connectivity index (χ4n) is 7.23. The standard InChI is InChI=1S/C44H30N2/c45-33-26-39(44-40(27-33)34-12-8-9-17-41(34)46-44)30-22-18-28(19-23-30)29-20-24-32(25-21-29)43-37-15-6-4-13-35(37)42(31-10-2-1-3-11-31)36-14-5-7-16-38(36)43/h1-27,46H,45H2. The minimum absolute atomic E-state index is 0.767. The van der Waals surface area contributed by atoms with Crippen molar-refractivity contribution in [1.29, 1.82) is 0 Å². The van der Waals surface area contributed by atoms with Gasteiger partial charge in [-0.2, -0.15) is 0 Å². The minimum atomic E-state index is 0.767. The number of anilines is 1. The van der Waals surface area contributed by atoms with Gasteiger partial charge in [0.15, 0.2) is 0 Å². The molecular formula is C44H30N2. The Balaban J connectivity index is 1.12. The van der Waals surface area contributed by atoms with Crippen LogP contribution in [0.3, 0.4) is 0 Å². The smallest absolute Gasteiger partial charge is 0.0546 e. The van der Waals surface area contributed by atoms with Crippen LogP contribution < -0.4 is 5.73 Å². The van der Waals surface area contributed by atoms with E-state index in [-0.39, 0.29) is 0 Å². The fourth-order valence-corrected chi connectivity index (χ4v) is 7.23. The largest absolute Gasteiger partial charge is 0.399 e. The number of benzene rings is 8. The first-order chi connectivity index (χ1) is 22.7. The van der Waals surface area contributed by atoms with Gasteiger partial charge >= 0.3 is 0 Å². The molecule has 0 radical (unpaired) electrons. The lowest BCUT2D eigenvalue weighted by Gasteiger charge is -2.18. The van der Waals surface area contributed by atoms with Crippen molar-refractivity contribution in [1.82, 2.24) is 4.98 Å².